The Hall–Kier alpha value is -1.28. The van der Waals surface area contributed by atoms with Gasteiger partial charge < -0.3 is 0 Å². The summed E-state index contributed by atoms with van der Waals surface area (Å²) in [6.07, 6.45) is 2.17. The Morgan fingerprint density at radius 3 is 2.38 bits per heavy atom. The van der Waals surface area contributed by atoms with Gasteiger partial charge in [-0.15, -0.1) is 0 Å². The SMILES string of the molecule is B#Cc1cc(C)nc(N(CCC)CCC)n1. The molecule has 1 aromatic rings. The molecule has 1 rings (SSSR count). The van der Waals surface area contributed by atoms with Gasteiger partial charge in [-0.3, -0.25) is 0 Å². The van der Waals surface area contributed by atoms with Crippen LogP contribution >= 0.6 is 0 Å². The molecule has 0 atom stereocenters. The van der Waals surface area contributed by atoms with Crippen molar-refractivity contribution in [2.75, 3.05) is 18.0 Å². The van der Waals surface area contributed by atoms with Gasteiger partial charge in [0.1, 0.15) is 0 Å². The standard InChI is InChI=1S/C12H18BN3/c1-4-6-16(7-5-2)12-14-10(3)8-11(9-13)15-12/h8H,4-7H2,1-3H3. The van der Waals surface area contributed by atoms with Gasteiger partial charge in [-0.2, -0.15) is 0 Å². The second-order valence-corrected chi connectivity index (χ2v) is 3.83. The van der Waals surface area contributed by atoms with Crippen LogP contribution in [0.4, 0.5) is 5.95 Å². The molecular weight excluding hydrogens is 197 g/mol. The normalized spacial score (nSPS) is 10.1. The molecule has 4 heteroatoms. The minimum atomic E-state index is 0.666. The van der Waals surface area contributed by atoms with Crippen molar-refractivity contribution in [3.8, 4) is 5.80 Å². The summed E-state index contributed by atoms with van der Waals surface area (Å²) >= 11 is 0. The number of aromatic nitrogens is 2. The van der Waals surface area contributed by atoms with Crippen LogP contribution in [0.25, 0.3) is 0 Å². The average molecular weight is 215 g/mol. The molecule has 0 bridgehead atoms. The van der Waals surface area contributed by atoms with E-state index in [0.29, 0.717) is 5.69 Å². The van der Waals surface area contributed by atoms with Gasteiger partial charge in [0, 0.05) is 0 Å². The quantitative estimate of drug-likeness (QED) is 0.702. The van der Waals surface area contributed by atoms with Crippen LogP contribution in [0.1, 0.15) is 38.1 Å². The second-order valence-electron chi connectivity index (χ2n) is 3.83. The summed E-state index contributed by atoms with van der Waals surface area (Å²) in [6.45, 7) is 8.20. The second kappa shape index (κ2) is 6.34. The molecule has 0 saturated heterocycles. The Labute approximate surface area is 98.7 Å². The molecule has 0 N–H and O–H groups in total. The first-order valence-corrected chi connectivity index (χ1v) is 5.78. The van der Waals surface area contributed by atoms with Crippen molar-refractivity contribution >= 4 is 13.3 Å². The van der Waals surface area contributed by atoms with Gasteiger partial charge in [-0.1, -0.05) is 0 Å². The van der Waals surface area contributed by atoms with Crippen LogP contribution in [-0.2, 0) is 0 Å². The van der Waals surface area contributed by atoms with Crippen molar-refractivity contribution in [3.05, 3.63) is 17.5 Å². The molecule has 0 saturated carbocycles. The first-order chi connectivity index (χ1) is 7.71. The van der Waals surface area contributed by atoms with Crippen molar-refractivity contribution < 1.29 is 0 Å². The van der Waals surface area contributed by atoms with Crippen LogP contribution in [-0.4, -0.2) is 30.4 Å². The molecule has 1 heterocycles. The maximum atomic E-state index is 5.38. The third-order valence-corrected chi connectivity index (χ3v) is 2.26. The molecule has 0 fully saturated rings. The monoisotopic (exact) mass is 215 g/mol. The van der Waals surface area contributed by atoms with E-state index in [-0.39, 0.29) is 0 Å². The third-order valence-electron chi connectivity index (χ3n) is 2.26. The summed E-state index contributed by atoms with van der Waals surface area (Å²) in [7, 11) is 5.38. The number of rotatable bonds is 5. The van der Waals surface area contributed by atoms with E-state index in [4.69, 9.17) is 7.33 Å². The van der Waals surface area contributed by atoms with Gasteiger partial charge >= 0.3 is 98.1 Å². The molecule has 0 aliphatic carbocycles. The molecule has 0 aromatic carbocycles. The first kappa shape index (κ1) is 12.8. The minimum absolute atomic E-state index is 0.666. The molecule has 0 amide bonds. The van der Waals surface area contributed by atoms with Crippen LogP contribution in [0, 0.1) is 12.7 Å². The molecule has 0 aliphatic heterocycles. The average Bonchev–Trinajstić information content (AvgIpc) is 2.28. The fourth-order valence-corrected chi connectivity index (χ4v) is 1.62. The Balaban J connectivity index is 2.99. The number of nitrogens with zero attached hydrogens (tertiary/aromatic N) is 3. The molecule has 84 valence electrons. The van der Waals surface area contributed by atoms with E-state index in [2.05, 4.69) is 34.5 Å². The van der Waals surface area contributed by atoms with E-state index in [1.54, 1.807) is 0 Å². The number of anilines is 1. The van der Waals surface area contributed by atoms with Crippen molar-refractivity contribution in [2.45, 2.75) is 33.6 Å². The van der Waals surface area contributed by atoms with Gasteiger partial charge in [-0.05, 0) is 0 Å². The van der Waals surface area contributed by atoms with Crippen LogP contribution in [0.3, 0.4) is 0 Å². The fourth-order valence-electron chi connectivity index (χ4n) is 1.62. The predicted molar refractivity (Wildman–Crippen MR) is 68.3 cm³/mol. The van der Waals surface area contributed by atoms with Gasteiger partial charge in [0.25, 0.3) is 0 Å². The van der Waals surface area contributed by atoms with Crippen LogP contribution in [0.5, 0.6) is 0 Å². The molecular formula is C12H18BN3. The summed E-state index contributed by atoms with van der Waals surface area (Å²) in [5, 5.41) is 0. The zero-order chi connectivity index (χ0) is 12.0. The van der Waals surface area contributed by atoms with Crippen molar-refractivity contribution in [1.82, 2.24) is 9.97 Å². The molecule has 0 aliphatic rings. The maximum absolute atomic E-state index is 5.38. The Bertz CT molecular complexity index is 378. The van der Waals surface area contributed by atoms with E-state index in [0.717, 1.165) is 37.6 Å². The predicted octanol–water partition coefficient (Wildman–Crippen LogP) is 1.89. The van der Waals surface area contributed by atoms with Gasteiger partial charge in [0.15, 0.2) is 0 Å². The summed E-state index contributed by atoms with van der Waals surface area (Å²) in [5.74, 6) is 3.33. The molecule has 1 aromatic heterocycles. The van der Waals surface area contributed by atoms with Crippen LogP contribution in [0.2, 0.25) is 0 Å². The van der Waals surface area contributed by atoms with E-state index >= 15 is 0 Å². The number of hydrogen-bond acceptors (Lipinski definition) is 3. The van der Waals surface area contributed by atoms with Gasteiger partial charge in [0.2, 0.25) is 0 Å². The fraction of sp³-hybridized carbons (Fsp3) is 0.583. The van der Waals surface area contributed by atoms with E-state index in [9.17, 15) is 0 Å². The first-order valence-electron chi connectivity index (χ1n) is 5.78. The topological polar surface area (TPSA) is 29.0 Å². The van der Waals surface area contributed by atoms with Crippen LogP contribution in [0.15, 0.2) is 6.07 Å². The molecule has 3 nitrogen and oxygen atoms in total. The third kappa shape index (κ3) is 3.39. The van der Waals surface area contributed by atoms with Gasteiger partial charge in [-0.25, -0.2) is 0 Å². The number of hydrogen-bond donors (Lipinski definition) is 0. The van der Waals surface area contributed by atoms with E-state index in [1.165, 1.54) is 0 Å². The van der Waals surface area contributed by atoms with Crippen molar-refractivity contribution in [1.29, 1.82) is 0 Å². The van der Waals surface area contributed by atoms with E-state index in [1.807, 2.05) is 13.0 Å². The van der Waals surface area contributed by atoms with Crippen molar-refractivity contribution in [3.63, 3.8) is 0 Å². The van der Waals surface area contributed by atoms with Gasteiger partial charge in [0.05, 0.1) is 0 Å². The van der Waals surface area contributed by atoms with E-state index < -0.39 is 0 Å². The summed E-state index contributed by atoms with van der Waals surface area (Å²) in [4.78, 5) is 11.0. The Morgan fingerprint density at radius 2 is 1.88 bits per heavy atom. The summed E-state index contributed by atoms with van der Waals surface area (Å²) < 4.78 is 0. The zero-order valence-corrected chi connectivity index (χ0v) is 10.3. The Morgan fingerprint density at radius 1 is 1.25 bits per heavy atom. The molecule has 16 heavy (non-hydrogen) atoms. The van der Waals surface area contributed by atoms with Crippen LogP contribution < -0.4 is 4.90 Å². The Kier molecular flexibility index (Phi) is 5.07. The summed E-state index contributed by atoms with van der Waals surface area (Å²) in [5.41, 5.74) is 1.59. The number of aryl methyl sites for hydroxylation is 1. The molecule has 0 unspecified atom stereocenters. The van der Waals surface area contributed by atoms with Crippen molar-refractivity contribution in [2.24, 2.45) is 0 Å². The summed E-state index contributed by atoms with van der Waals surface area (Å²) in [6, 6.07) is 1.83. The molecule has 0 radical (unpaired) electrons. The molecule has 0 spiro atoms. The zero-order valence-electron chi connectivity index (χ0n) is 10.3.